The van der Waals surface area contributed by atoms with Gasteiger partial charge in [-0.2, -0.15) is 5.10 Å². The van der Waals surface area contributed by atoms with Gasteiger partial charge in [0, 0.05) is 13.2 Å². The molecule has 0 bridgehead atoms. The number of aliphatic hydroxyl groups excluding tert-OH is 1. The van der Waals surface area contributed by atoms with Crippen LogP contribution >= 0.6 is 0 Å². The molecule has 0 spiro atoms. The Hall–Kier alpha value is -1.68. The molecule has 1 N–H and O–H groups in total. The van der Waals surface area contributed by atoms with Gasteiger partial charge >= 0.3 is 0 Å². The highest BCUT2D eigenvalue weighted by Gasteiger charge is 2.15. The van der Waals surface area contributed by atoms with Crippen LogP contribution in [0.25, 0.3) is 0 Å². The van der Waals surface area contributed by atoms with Crippen molar-refractivity contribution in [1.29, 1.82) is 0 Å². The van der Waals surface area contributed by atoms with Crippen molar-refractivity contribution in [3.63, 3.8) is 0 Å². The predicted molar refractivity (Wildman–Crippen MR) is 58.4 cm³/mol. The van der Waals surface area contributed by atoms with Gasteiger partial charge < -0.3 is 5.11 Å². The van der Waals surface area contributed by atoms with Crippen LogP contribution in [-0.4, -0.2) is 14.9 Å². The summed E-state index contributed by atoms with van der Waals surface area (Å²) in [6.07, 6.45) is 0.865. The maximum absolute atomic E-state index is 13.1. The molecule has 16 heavy (non-hydrogen) atoms. The molecular weight excluding hydrogens is 207 g/mol. The van der Waals surface area contributed by atoms with Crippen molar-refractivity contribution in [3.8, 4) is 0 Å². The second-order valence-electron chi connectivity index (χ2n) is 3.82. The van der Waals surface area contributed by atoms with Gasteiger partial charge in [-0.25, -0.2) is 4.39 Å². The van der Waals surface area contributed by atoms with E-state index in [-0.39, 0.29) is 5.82 Å². The Morgan fingerprint density at radius 2 is 2.12 bits per heavy atom. The smallest absolute Gasteiger partial charge is 0.123 e. The van der Waals surface area contributed by atoms with Crippen molar-refractivity contribution in [1.82, 2.24) is 9.78 Å². The first-order valence-electron chi connectivity index (χ1n) is 5.01. The Labute approximate surface area is 93.2 Å². The molecule has 1 heterocycles. The number of aromatic nitrogens is 2. The zero-order valence-corrected chi connectivity index (χ0v) is 9.18. The zero-order chi connectivity index (χ0) is 11.7. The van der Waals surface area contributed by atoms with E-state index in [0.29, 0.717) is 11.3 Å². The molecule has 2 aromatic rings. The van der Waals surface area contributed by atoms with E-state index in [1.54, 1.807) is 30.1 Å². The van der Waals surface area contributed by atoms with E-state index in [1.165, 1.54) is 12.1 Å². The molecule has 0 fully saturated rings. The van der Waals surface area contributed by atoms with Crippen molar-refractivity contribution in [2.45, 2.75) is 13.0 Å². The summed E-state index contributed by atoms with van der Waals surface area (Å²) in [6.45, 7) is 1.83. The number of nitrogens with zero attached hydrogens (tertiary/aromatic N) is 2. The van der Waals surface area contributed by atoms with Crippen molar-refractivity contribution >= 4 is 0 Å². The quantitative estimate of drug-likeness (QED) is 0.840. The molecule has 1 aromatic carbocycles. The molecule has 84 valence electrons. The third-order valence-corrected chi connectivity index (χ3v) is 2.55. The van der Waals surface area contributed by atoms with E-state index in [2.05, 4.69) is 5.10 Å². The molecule has 0 radical (unpaired) electrons. The van der Waals surface area contributed by atoms with Gasteiger partial charge in [0.2, 0.25) is 0 Å². The number of benzene rings is 1. The third kappa shape index (κ3) is 1.97. The Bertz CT molecular complexity index is 507. The lowest BCUT2D eigenvalue weighted by atomic mass is 10.0. The minimum atomic E-state index is -0.878. The summed E-state index contributed by atoms with van der Waals surface area (Å²) in [5.41, 5.74) is 1.93. The van der Waals surface area contributed by atoms with E-state index in [9.17, 15) is 9.50 Å². The SMILES string of the molecule is Cc1ccc(F)cc1C(O)c1ccn(C)n1. The Kier molecular flexibility index (Phi) is 2.75. The molecule has 2 rings (SSSR count). The maximum atomic E-state index is 13.1. The van der Waals surface area contributed by atoms with E-state index in [1.807, 2.05) is 6.92 Å². The van der Waals surface area contributed by atoms with Crippen molar-refractivity contribution < 1.29 is 9.50 Å². The number of hydrogen-bond acceptors (Lipinski definition) is 2. The van der Waals surface area contributed by atoms with Crippen molar-refractivity contribution in [3.05, 3.63) is 53.1 Å². The first kappa shape index (κ1) is 10.8. The molecule has 1 aromatic heterocycles. The van der Waals surface area contributed by atoms with Gasteiger partial charge in [0.25, 0.3) is 0 Å². The highest BCUT2D eigenvalue weighted by atomic mass is 19.1. The molecule has 0 saturated carbocycles. The van der Waals surface area contributed by atoms with Gasteiger partial charge in [0.05, 0.1) is 5.69 Å². The van der Waals surface area contributed by atoms with Crippen molar-refractivity contribution in [2.75, 3.05) is 0 Å². The molecule has 3 nitrogen and oxygen atoms in total. The van der Waals surface area contributed by atoms with Crippen LogP contribution in [0.15, 0.2) is 30.5 Å². The third-order valence-electron chi connectivity index (χ3n) is 2.55. The summed E-state index contributed by atoms with van der Waals surface area (Å²) >= 11 is 0. The van der Waals surface area contributed by atoms with Crippen LogP contribution in [0.1, 0.15) is 22.9 Å². The van der Waals surface area contributed by atoms with E-state index in [4.69, 9.17) is 0 Å². The monoisotopic (exact) mass is 220 g/mol. The van der Waals surface area contributed by atoms with Crippen LogP contribution in [-0.2, 0) is 7.05 Å². The van der Waals surface area contributed by atoms with Gasteiger partial charge in [-0.3, -0.25) is 4.68 Å². The predicted octanol–water partition coefficient (Wildman–Crippen LogP) is 1.95. The first-order chi connectivity index (χ1) is 7.58. The fraction of sp³-hybridized carbons (Fsp3) is 0.250. The van der Waals surface area contributed by atoms with E-state index >= 15 is 0 Å². The Morgan fingerprint density at radius 1 is 1.38 bits per heavy atom. The van der Waals surface area contributed by atoms with E-state index < -0.39 is 6.10 Å². The second kappa shape index (κ2) is 4.06. The van der Waals surface area contributed by atoms with Crippen LogP contribution in [0.2, 0.25) is 0 Å². The average molecular weight is 220 g/mol. The number of aryl methyl sites for hydroxylation is 2. The van der Waals surface area contributed by atoms with Crippen LogP contribution in [0.4, 0.5) is 4.39 Å². The molecule has 1 unspecified atom stereocenters. The fourth-order valence-corrected chi connectivity index (χ4v) is 1.64. The molecule has 1 atom stereocenters. The summed E-state index contributed by atoms with van der Waals surface area (Å²) in [5.74, 6) is -0.351. The van der Waals surface area contributed by atoms with Gasteiger partial charge in [-0.1, -0.05) is 6.07 Å². The molecule has 0 aliphatic heterocycles. The van der Waals surface area contributed by atoms with Crippen LogP contribution in [0, 0.1) is 12.7 Å². The molecule has 0 saturated heterocycles. The topological polar surface area (TPSA) is 38.0 Å². The first-order valence-corrected chi connectivity index (χ1v) is 5.01. The lowest BCUT2D eigenvalue weighted by molar-refractivity contribution is 0.213. The van der Waals surface area contributed by atoms with Crippen LogP contribution < -0.4 is 0 Å². The fourth-order valence-electron chi connectivity index (χ4n) is 1.64. The second-order valence-corrected chi connectivity index (χ2v) is 3.82. The number of halogens is 1. The number of hydrogen-bond donors (Lipinski definition) is 1. The lowest BCUT2D eigenvalue weighted by Crippen LogP contribution is -2.04. The largest absolute Gasteiger partial charge is 0.382 e. The lowest BCUT2D eigenvalue weighted by Gasteiger charge is -2.11. The molecule has 0 aliphatic rings. The van der Waals surface area contributed by atoms with Gasteiger partial charge in [-0.05, 0) is 36.2 Å². The summed E-state index contributed by atoms with van der Waals surface area (Å²) in [5, 5.41) is 14.2. The van der Waals surface area contributed by atoms with Gasteiger partial charge in [0.1, 0.15) is 11.9 Å². The Morgan fingerprint density at radius 3 is 2.75 bits per heavy atom. The average Bonchev–Trinajstić information content (AvgIpc) is 2.67. The molecule has 4 heteroatoms. The number of aliphatic hydroxyl groups is 1. The minimum absolute atomic E-state index is 0.351. The summed E-state index contributed by atoms with van der Waals surface area (Å²) in [4.78, 5) is 0. The molecular formula is C12H13FN2O. The number of rotatable bonds is 2. The summed E-state index contributed by atoms with van der Waals surface area (Å²) in [7, 11) is 1.77. The van der Waals surface area contributed by atoms with Gasteiger partial charge in [-0.15, -0.1) is 0 Å². The normalized spacial score (nSPS) is 12.8. The van der Waals surface area contributed by atoms with Gasteiger partial charge in [0.15, 0.2) is 0 Å². The van der Waals surface area contributed by atoms with Crippen molar-refractivity contribution in [2.24, 2.45) is 7.05 Å². The highest BCUT2D eigenvalue weighted by Crippen LogP contribution is 2.23. The van der Waals surface area contributed by atoms with E-state index in [0.717, 1.165) is 5.56 Å². The van der Waals surface area contributed by atoms with Crippen LogP contribution in [0.5, 0.6) is 0 Å². The summed E-state index contributed by atoms with van der Waals surface area (Å²) in [6, 6.07) is 6.09. The maximum Gasteiger partial charge on any atom is 0.123 e. The standard InChI is InChI=1S/C12H13FN2O/c1-8-3-4-9(13)7-10(8)12(16)11-5-6-15(2)14-11/h3-7,12,16H,1-2H3. The zero-order valence-electron chi connectivity index (χ0n) is 9.18. The molecule has 0 aliphatic carbocycles. The Balaban J connectivity index is 2.40. The molecule has 0 amide bonds. The highest BCUT2D eigenvalue weighted by molar-refractivity contribution is 5.32. The summed E-state index contributed by atoms with van der Waals surface area (Å²) < 4.78 is 14.7. The minimum Gasteiger partial charge on any atom is -0.382 e. The van der Waals surface area contributed by atoms with Crippen LogP contribution in [0.3, 0.4) is 0 Å².